The molecule has 1 aliphatic rings. The van der Waals surface area contributed by atoms with Gasteiger partial charge in [0.1, 0.15) is 10.6 Å². The van der Waals surface area contributed by atoms with Gasteiger partial charge in [0.05, 0.1) is 13.2 Å². The van der Waals surface area contributed by atoms with E-state index in [1.807, 2.05) is 13.8 Å². The Bertz CT molecular complexity index is 978. The fourth-order valence-electron chi connectivity index (χ4n) is 3.22. The molecule has 2 heterocycles. The summed E-state index contributed by atoms with van der Waals surface area (Å²) in [7, 11) is -3.67. The molecule has 1 aromatic carbocycles. The predicted octanol–water partition coefficient (Wildman–Crippen LogP) is 3.05. The Balaban J connectivity index is 1.70. The maximum atomic E-state index is 12.7. The van der Waals surface area contributed by atoms with E-state index >= 15 is 0 Å². The minimum atomic E-state index is -3.67. The van der Waals surface area contributed by atoms with Gasteiger partial charge >= 0.3 is 0 Å². The fourth-order valence-corrected chi connectivity index (χ4v) is 5.53. The van der Waals surface area contributed by atoms with Crippen molar-refractivity contribution >= 4 is 39.1 Å². The summed E-state index contributed by atoms with van der Waals surface area (Å²) in [4.78, 5) is 15.4. The molecule has 0 bridgehead atoms. The van der Waals surface area contributed by atoms with Gasteiger partial charge in [-0.05, 0) is 23.8 Å². The first-order valence-corrected chi connectivity index (χ1v) is 11.3. The van der Waals surface area contributed by atoms with Gasteiger partial charge in [0.15, 0.2) is 0 Å². The third-order valence-corrected chi connectivity index (χ3v) is 7.35. The van der Waals surface area contributed by atoms with Crippen molar-refractivity contribution in [1.29, 1.82) is 0 Å². The molecule has 2 N–H and O–H groups in total. The molecule has 1 fully saturated rings. The van der Waals surface area contributed by atoms with E-state index in [0.717, 1.165) is 5.56 Å². The number of rotatable bonds is 6. The summed E-state index contributed by atoms with van der Waals surface area (Å²) in [6.07, 6.45) is 1.33. The van der Waals surface area contributed by atoms with Crippen molar-refractivity contribution in [1.82, 2.24) is 14.6 Å². The Kier molecular flexibility index (Phi) is 6.60. The van der Waals surface area contributed by atoms with E-state index < -0.39 is 21.3 Å². The number of sulfonamides is 1. The topological polar surface area (TPSA) is 91.5 Å². The van der Waals surface area contributed by atoms with Gasteiger partial charge in [0, 0.05) is 41.3 Å². The Morgan fingerprint density at radius 1 is 1.24 bits per heavy atom. The molecule has 0 aliphatic carbocycles. The smallest absolute Gasteiger partial charge is 0.267 e. The molecule has 29 heavy (non-hydrogen) atoms. The molecule has 0 atom stereocenters. The molecule has 158 valence electrons. The standard InChI is InChI=1S/C19H23Cl2N3O4S/c1-19(2,17-14(20)4-3-5-15(17)21)12-23-18(25)16-10-13(11-22-16)29(26,27)24-6-8-28-9-7-24/h3-5,10-11,22H,6-9,12H2,1-2H3,(H,23,25). The van der Waals surface area contributed by atoms with E-state index in [-0.39, 0.29) is 17.1 Å². The average Bonchev–Trinajstić information content (AvgIpc) is 3.18. The summed E-state index contributed by atoms with van der Waals surface area (Å²) < 4.78 is 31.9. The first-order valence-electron chi connectivity index (χ1n) is 9.12. The number of morpholine rings is 1. The number of hydrogen-bond acceptors (Lipinski definition) is 4. The van der Waals surface area contributed by atoms with Crippen molar-refractivity contribution in [3.8, 4) is 0 Å². The van der Waals surface area contributed by atoms with Crippen molar-refractivity contribution in [2.45, 2.75) is 24.2 Å². The molecule has 3 rings (SSSR count). The highest BCUT2D eigenvalue weighted by Gasteiger charge is 2.29. The van der Waals surface area contributed by atoms with Gasteiger partial charge in [-0.15, -0.1) is 0 Å². The SMILES string of the molecule is CC(C)(CNC(=O)c1cc(S(=O)(=O)N2CCOCC2)c[nH]1)c1c(Cl)cccc1Cl. The number of aromatic amines is 1. The number of hydrogen-bond donors (Lipinski definition) is 2. The van der Waals surface area contributed by atoms with Crippen LogP contribution >= 0.6 is 23.2 Å². The van der Waals surface area contributed by atoms with E-state index in [9.17, 15) is 13.2 Å². The second-order valence-corrected chi connectivity index (χ2v) is 10.2. The van der Waals surface area contributed by atoms with Crippen LogP contribution in [-0.4, -0.2) is 56.5 Å². The number of H-pyrrole nitrogens is 1. The van der Waals surface area contributed by atoms with Crippen LogP contribution in [0.15, 0.2) is 35.4 Å². The number of benzene rings is 1. The third kappa shape index (κ3) is 4.78. The molecule has 0 spiro atoms. The Morgan fingerprint density at radius 2 is 1.86 bits per heavy atom. The lowest BCUT2D eigenvalue weighted by Crippen LogP contribution is -2.40. The first-order chi connectivity index (χ1) is 13.6. The van der Waals surface area contributed by atoms with Crippen LogP contribution in [0.25, 0.3) is 0 Å². The van der Waals surface area contributed by atoms with E-state index in [4.69, 9.17) is 27.9 Å². The summed E-state index contributed by atoms with van der Waals surface area (Å²) >= 11 is 12.6. The highest BCUT2D eigenvalue weighted by atomic mass is 35.5. The molecule has 2 aromatic rings. The molecule has 0 saturated carbocycles. The van der Waals surface area contributed by atoms with Crippen LogP contribution in [0.1, 0.15) is 29.9 Å². The summed E-state index contributed by atoms with van der Waals surface area (Å²) in [5.41, 5.74) is 0.379. The maximum absolute atomic E-state index is 12.7. The highest BCUT2D eigenvalue weighted by Crippen LogP contribution is 2.35. The van der Waals surface area contributed by atoms with Crippen LogP contribution in [0.4, 0.5) is 0 Å². The highest BCUT2D eigenvalue weighted by molar-refractivity contribution is 7.89. The van der Waals surface area contributed by atoms with Crippen molar-refractivity contribution < 1.29 is 17.9 Å². The zero-order chi connectivity index (χ0) is 21.2. The van der Waals surface area contributed by atoms with Gasteiger partial charge in [0.2, 0.25) is 10.0 Å². The summed E-state index contributed by atoms with van der Waals surface area (Å²) in [5, 5.41) is 3.87. The minimum absolute atomic E-state index is 0.0537. The van der Waals surface area contributed by atoms with Gasteiger partial charge in [-0.2, -0.15) is 4.31 Å². The van der Waals surface area contributed by atoms with Gasteiger partial charge in [-0.1, -0.05) is 43.1 Å². The summed E-state index contributed by atoms with van der Waals surface area (Å²) in [6.45, 7) is 5.41. The van der Waals surface area contributed by atoms with Crippen molar-refractivity contribution in [2.75, 3.05) is 32.8 Å². The van der Waals surface area contributed by atoms with Crippen LogP contribution in [0, 0.1) is 0 Å². The zero-order valence-corrected chi connectivity index (χ0v) is 18.5. The average molecular weight is 460 g/mol. The monoisotopic (exact) mass is 459 g/mol. The Morgan fingerprint density at radius 3 is 2.48 bits per heavy atom. The Hall–Kier alpha value is -1.58. The van der Waals surface area contributed by atoms with Crippen LogP contribution in [-0.2, 0) is 20.2 Å². The van der Waals surface area contributed by atoms with Crippen LogP contribution < -0.4 is 5.32 Å². The molecule has 1 aliphatic heterocycles. The molecule has 10 heteroatoms. The lowest BCUT2D eigenvalue weighted by Gasteiger charge is -2.27. The number of aromatic nitrogens is 1. The van der Waals surface area contributed by atoms with Crippen LogP contribution in [0.3, 0.4) is 0 Å². The number of carbonyl (C=O) groups excluding carboxylic acids is 1. The summed E-state index contributed by atoms with van der Waals surface area (Å²) in [6, 6.07) is 6.61. The first kappa shape index (κ1) is 22.1. The fraction of sp³-hybridized carbons (Fsp3) is 0.421. The lowest BCUT2D eigenvalue weighted by molar-refractivity contribution is 0.0730. The summed E-state index contributed by atoms with van der Waals surface area (Å²) in [5.74, 6) is -0.412. The van der Waals surface area contributed by atoms with Gasteiger partial charge in [-0.25, -0.2) is 8.42 Å². The quantitative estimate of drug-likeness (QED) is 0.694. The van der Waals surface area contributed by atoms with E-state index in [2.05, 4.69) is 10.3 Å². The molecular weight excluding hydrogens is 437 g/mol. The maximum Gasteiger partial charge on any atom is 0.267 e. The number of carbonyl (C=O) groups is 1. The van der Waals surface area contributed by atoms with E-state index in [1.54, 1.807) is 18.2 Å². The number of nitrogens with zero attached hydrogens (tertiary/aromatic N) is 1. The van der Waals surface area contributed by atoms with Gasteiger partial charge in [-0.3, -0.25) is 4.79 Å². The van der Waals surface area contributed by atoms with E-state index in [1.165, 1.54) is 16.6 Å². The molecule has 1 saturated heterocycles. The predicted molar refractivity (Wildman–Crippen MR) is 112 cm³/mol. The van der Waals surface area contributed by atoms with Gasteiger partial charge in [0.25, 0.3) is 5.91 Å². The lowest BCUT2D eigenvalue weighted by atomic mass is 9.84. The number of amides is 1. The second kappa shape index (κ2) is 8.65. The van der Waals surface area contributed by atoms with E-state index in [0.29, 0.717) is 36.3 Å². The minimum Gasteiger partial charge on any atom is -0.379 e. The number of halogens is 2. The molecular formula is C19H23Cl2N3O4S. The number of ether oxygens (including phenoxy) is 1. The molecule has 0 unspecified atom stereocenters. The van der Waals surface area contributed by atoms with Crippen molar-refractivity contribution in [3.05, 3.63) is 51.8 Å². The molecule has 7 nitrogen and oxygen atoms in total. The molecule has 0 radical (unpaired) electrons. The van der Waals surface area contributed by atoms with Crippen molar-refractivity contribution in [3.63, 3.8) is 0 Å². The van der Waals surface area contributed by atoms with Crippen molar-refractivity contribution in [2.24, 2.45) is 0 Å². The molecule has 1 aromatic heterocycles. The normalized spacial score (nSPS) is 16.0. The van der Waals surface area contributed by atoms with Gasteiger partial charge < -0.3 is 15.0 Å². The van der Waals surface area contributed by atoms with Crippen LogP contribution in [0.5, 0.6) is 0 Å². The number of nitrogens with one attached hydrogen (secondary N) is 2. The second-order valence-electron chi connectivity index (χ2n) is 7.43. The zero-order valence-electron chi connectivity index (χ0n) is 16.2. The molecule has 1 amide bonds. The Labute approximate surface area is 180 Å². The third-order valence-electron chi connectivity index (χ3n) is 4.84. The van der Waals surface area contributed by atoms with Crippen LogP contribution in [0.2, 0.25) is 10.0 Å². The largest absolute Gasteiger partial charge is 0.379 e.